The Morgan fingerprint density at radius 1 is 1.04 bits per heavy atom. The van der Waals surface area contributed by atoms with E-state index in [0.29, 0.717) is 11.3 Å². The van der Waals surface area contributed by atoms with E-state index in [1.807, 2.05) is 0 Å². The van der Waals surface area contributed by atoms with Gasteiger partial charge in [-0.15, -0.1) is 0 Å². The van der Waals surface area contributed by atoms with Gasteiger partial charge in [-0.25, -0.2) is 9.07 Å². The maximum Gasteiger partial charge on any atom is 0.271 e. The van der Waals surface area contributed by atoms with Crippen LogP contribution < -0.4 is 15.4 Å². The molecule has 0 bridgehead atoms. The van der Waals surface area contributed by atoms with Crippen molar-refractivity contribution in [2.45, 2.75) is 0 Å². The standard InChI is InChI=1S/C20H19FN4O3/c1-28-15-6-4-5-14(13-15)19(26)22-10-11-23-20(27)17-9-12-25(24-17)18-8-3-2-7-16(18)21/h2-9,12-13H,10-11H2,1H3,(H,22,26)(H,23,27). The quantitative estimate of drug-likeness (QED) is 0.614. The Bertz CT molecular complexity index is 987. The molecule has 2 aromatic carbocycles. The van der Waals surface area contributed by atoms with Crippen LogP contribution in [0.15, 0.2) is 60.8 Å². The Balaban J connectivity index is 1.50. The van der Waals surface area contributed by atoms with Crippen LogP contribution in [0.25, 0.3) is 5.69 Å². The predicted octanol–water partition coefficient (Wildman–Crippen LogP) is 2.18. The highest BCUT2D eigenvalue weighted by molar-refractivity contribution is 5.94. The number of carbonyl (C=O) groups excluding carboxylic acids is 2. The second-order valence-corrected chi connectivity index (χ2v) is 5.84. The average Bonchev–Trinajstić information content (AvgIpc) is 3.21. The molecule has 7 nitrogen and oxygen atoms in total. The van der Waals surface area contributed by atoms with E-state index in [1.54, 1.807) is 42.5 Å². The number of nitrogens with zero attached hydrogens (tertiary/aromatic N) is 2. The van der Waals surface area contributed by atoms with Crippen molar-refractivity contribution in [2.24, 2.45) is 0 Å². The van der Waals surface area contributed by atoms with Crippen molar-refractivity contribution in [3.05, 3.63) is 77.9 Å². The molecular formula is C20H19FN4O3. The van der Waals surface area contributed by atoms with E-state index < -0.39 is 11.7 Å². The smallest absolute Gasteiger partial charge is 0.271 e. The van der Waals surface area contributed by atoms with Gasteiger partial charge in [-0.1, -0.05) is 18.2 Å². The van der Waals surface area contributed by atoms with Crippen molar-refractivity contribution in [1.82, 2.24) is 20.4 Å². The molecule has 0 saturated carbocycles. The van der Waals surface area contributed by atoms with Gasteiger partial charge in [0.05, 0.1) is 7.11 Å². The molecule has 3 aromatic rings. The zero-order valence-corrected chi connectivity index (χ0v) is 15.2. The Kier molecular flexibility index (Phi) is 6.01. The van der Waals surface area contributed by atoms with Crippen LogP contribution in [-0.2, 0) is 0 Å². The van der Waals surface area contributed by atoms with Gasteiger partial charge in [0.15, 0.2) is 5.69 Å². The third-order valence-electron chi connectivity index (χ3n) is 3.95. The molecule has 8 heteroatoms. The van der Waals surface area contributed by atoms with Crippen LogP contribution >= 0.6 is 0 Å². The Morgan fingerprint density at radius 3 is 2.54 bits per heavy atom. The summed E-state index contributed by atoms with van der Waals surface area (Å²) < 4.78 is 20.2. The third kappa shape index (κ3) is 4.53. The number of methoxy groups -OCH3 is 1. The summed E-state index contributed by atoms with van der Waals surface area (Å²) in [5.41, 5.74) is 0.879. The topological polar surface area (TPSA) is 85.3 Å². The molecular weight excluding hydrogens is 363 g/mol. The fourth-order valence-electron chi connectivity index (χ4n) is 2.53. The van der Waals surface area contributed by atoms with Crippen LogP contribution in [0.5, 0.6) is 5.75 Å². The van der Waals surface area contributed by atoms with E-state index in [2.05, 4.69) is 15.7 Å². The summed E-state index contributed by atoms with van der Waals surface area (Å²) in [6, 6.07) is 14.4. The number of para-hydroxylation sites is 1. The number of hydrogen-bond donors (Lipinski definition) is 2. The van der Waals surface area contributed by atoms with Crippen molar-refractivity contribution in [3.8, 4) is 11.4 Å². The largest absolute Gasteiger partial charge is 0.497 e. The van der Waals surface area contributed by atoms with Crippen LogP contribution in [0.4, 0.5) is 4.39 Å². The first-order chi connectivity index (χ1) is 13.6. The summed E-state index contributed by atoms with van der Waals surface area (Å²) >= 11 is 0. The molecule has 0 spiro atoms. The highest BCUT2D eigenvalue weighted by atomic mass is 19.1. The normalized spacial score (nSPS) is 10.4. The van der Waals surface area contributed by atoms with Crippen LogP contribution in [0, 0.1) is 5.82 Å². The van der Waals surface area contributed by atoms with E-state index in [0.717, 1.165) is 0 Å². The number of benzene rings is 2. The molecule has 0 fully saturated rings. The Morgan fingerprint density at radius 2 is 1.79 bits per heavy atom. The number of amides is 2. The van der Waals surface area contributed by atoms with Gasteiger partial charge in [-0.2, -0.15) is 5.10 Å². The Hall–Kier alpha value is -3.68. The zero-order chi connectivity index (χ0) is 19.9. The monoisotopic (exact) mass is 382 g/mol. The molecule has 0 aliphatic carbocycles. The van der Waals surface area contributed by atoms with Gasteiger partial charge < -0.3 is 15.4 Å². The molecule has 0 saturated heterocycles. The first-order valence-corrected chi connectivity index (χ1v) is 8.59. The SMILES string of the molecule is COc1cccc(C(=O)NCCNC(=O)c2ccn(-c3ccccc3F)n2)c1. The average molecular weight is 382 g/mol. The van der Waals surface area contributed by atoms with Gasteiger partial charge in [0.1, 0.15) is 17.3 Å². The van der Waals surface area contributed by atoms with Crippen molar-refractivity contribution < 1.29 is 18.7 Å². The molecule has 0 atom stereocenters. The van der Waals surface area contributed by atoms with Crippen LogP contribution in [-0.4, -0.2) is 41.8 Å². The van der Waals surface area contributed by atoms with E-state index in [1.165, 1.54) is 30.1 Å². The number of ether oxygens (including phenoxy) is 1. The minimum atomic E-state index is -0.433. The van der Waals surface area contributed by atoms with Gasteiger partial charge in [-0.05, 0) is 36.4 Å². The molecule has 2 N–H and O–H groups in total. The molecule has 2 amide bonds. The summed E-state index contributed by atoms with van der Waals surface area (Å²) in [7, 11) is 1.53. The first-order valence-electron chi connectivity index (χ1n) is 8.59. The van der Waals surface area contributed by atoms with Crippen LogP contribution in [0.2, 0.25) is 0 Å². The van der Waals surface area contributed by atoms with Crippen molar-refractivity contribution >= 4 is 11.8 Å². The molecule has 0 aliphatic rings. The molecule has 1 aromatic heterocycles. The summed E-state index contributed by atoms with van der Waals surface area (Å²) in [4.78, 5) is 24.3. The lowest BCUT2D eigenvalue weighted by atomic mass is 10.2. The van der Waals surface area contributed by atoms with Crippen LogP contribution in [0.1, 0.15) is 20.8 Å². The number of rotatable bonds is 7. The second-order valence-electron chi connectivity index (χ2n) is 5.84. The highest BCUT2D eigenvalue weighted by Gasteiger charge is 2.12. The molecule has 1 heterocycles. The second kappa shape index (κ2) is 8.81. The number of aromatic nitrogens is 2. The minimum absolute atomic E-state index is 0.155. The third-order valence-corrected chi connectivity index (χ3v) is 3.95. The number of nitrogens with one attached hydrogen (secondary N) is 2. The van der Waals surface area contributed by atoms with Crippen LogP contribution in [0.3, 0.4) is 0 Å². The number of carbonyl (C=O) groups is 2. The molecule has 0 unspecified atom stereocenters. The molecule has 3 rings (SSSR count). The lowest BCUT2D eigenvalue weighted by molar-refractivity contribution is 0.0924. The maximum absolute atomic E-state index is 13.8. The van der Waals surface area contributed by atoms with Gasteiger partial charge in [-0.3, -0.25) is 9.59 Å². The fraction of sp³-hybridized carbons (Fsp3) is 0.150. The predicted molar refractivity (Wildman–Crippen MR) is 101 cm³/mol. The van der Waals surface area contributed by atoms with Gasteiger partial charge in [0.2, 0.25) is 0 Å². The first kappa shape index (κ1) is 19.1. The molecule has 144 valence electrons. The summed E-state index contributed by atoms with van der Waals surface area (Å²) in [5.74, 6) is -0.521. The van der Waals surface area contributed by atoms with E-state index in [4.69, 9.17) is 4.74 Å². The van der Waals surface area contributed by atoms with Gasteiger partial charge >= 0.3 is 0 Å². The maximum atomic E-state index is 13.8. The number of halogens is 1. The van der Waals surface area contributed by atoms with Crippen molar-refractivity contribution in [1.29, 1.82) is 0 Å². The zero-order valence-electron chi connectivity index (χ0n) is 15.2. The van der Waals surface area contributed by atoms with Crippen molar-refractivity contribution in [2.75, 3.05) is 20.2 Å². The summed E-state index contributed by atoms with van der Waals surface area (Å²) in [6.07, 6.45) is 1.51. The highest BCUT2D eigenvalue weighted by Crippen LogP contribution is 2.13. The van der Waals surface area contributed by atoms with E-state index >= 15 is 0 Å². The lowest BCUT2D eigenvalue weighted by Gasteiger charge is -2.07. The minimum Gasteiger partial charge on any atom is -0.497 e. The lowest BCUT2D eigenvalue weighted by Crippen LogP contribution is -2.34. The van der Waals surface area contributed by atoms with Gasteiger partial charge in [0, 0.05) is 24.8 Å². The number of hydrogen-bond acceptors (Lipinski definition) is 4. The fourth-order valence-corrected chi connectivity index (χ4v) is 2.53. The van der Waals surface area contributed by atoms with E-state index in [-0.39, 0.29) is 30.4 Å². The Labute approximate surface area is 161 Å². The molecule has 0 aliphatic heterocycles. The molecule has 0 radical (unpaired) electrons. The van der Waals surface area contributed by atoms with Crippen molar-refractivity contribution in [3.63, 3.8) is 0 Å². The summed E-state index contributed by atoms with van der Waals surface area (Å²) in [5, 5.41) is 9.46. The molecule has 28 heavy (non-hydrogen) atoms. The summed E-state index contributed by atoms with van der Waals surface area (Å²) in [6.45, 7) is 0.469. The van der Waals surface area contributed by atoms with Gasteiger partial charge in [0.25, 0.3) is 11.8 Å². The van der Waals surface area contributed by atoms with E-state index in [9.17, 15) is 14.0 Å².